The van der Waals surface area contributed by atoms with Gasteiger partial charge < -0.3 is 4.74 Å². The zero-order chi connectivity index (χ0) is 10.2. The average molecular weight is 188 g/mol. The molecule has 1 aromatic carbocycles. The summed E-state index contributed by atoms with van der Waals surface area (Å²) in [5.41, 5.74) is 1.21. The first kappa shape index (κ1) is 10.8. The zero-order valence-electron chi connectivity index (χ0n) is 8.57. The SMILES string of the molecule is C#CC[C@@H](C)COCc1ccccc1. The lowest BCUT2D eigenvalue weighted by atomic mass is 10.1. The van der Waals surface area contributed by atoms with E-state index in [4.69, 9.17) is 11.2 Å². The third-order valence-electron chi connectivity index (χ3n) is 1.98. The number of ether oxygens (including phenoxy) is 1. The molecule has 1 rings (SSSR count). The van der Waals surface area contributed by atoms with Gasteiger partial charge in [-0.15, -0.1) is 12.3 Å². The Kier molecular flexibility index (Phi) is 4.82. The van der Waals surface area contributed by atoms with Crippen molar-refractivity contribution in [3.05, 3.63) is 35.9 Å². The van der Waals surface area contributed by atoms with Gasteiger partial charge >= 0.3 is 0 Å². The predicted octanol–water partition coefficient (Wildman–Crippen LogP) is 2.86. The Hall–Kier alpha value is -1.26. The smallest absolute Gasteiger partial charge is 0.0717 e. The van der Waals surface area contributed by atoms with Crippen LogP contribution in [0.1, 0.15) is 18.9 Å². The fourth-order valence-electron chi connectivity index (χ4n) is 1.21. The molecule has 14 heavy (non-hydrogen) atoms. The van der Waals surface area contributed by atoms with Gasteiger partial charge in [-0.3, -0.25) is 0 Å². The van der Waals surface area contributed by atoms with Gasteiger partial charge in [-0.2, -0.15) is 0 Å². The Bertz CT molecular complexity index is 284. The Labute approximate surface area is 86.1 Å². The topological polar surface area (TPSA) is 9.23 Å². The van der Waals surface area contributed by atoms with Crippen LogP contribution in [0.4, 0.5) is 0 Å². The molecule has 1 heteroatoms. The molecule has 1 nitrogen and oxygen atoms in total. The molecule has 0 aliphatic heterocycles. The fourth-order valence-corrected chi connectivity index (χ4v) is 1.21. The zero-order valence-corrected chi connectivity index (χ0v) is 8.57. The molecule has 0 heterocycles. The Balaban J connectivity index is 2.19. The van der Waals surface area contributed by atoms with Gasteiger partial charge in [0.2, 0.25) is 0 Å². The average Bonchev–Trinajstić information content (AvgIpc) is 2.20. The van der Waals surface area contributed by atoms with Crippen molar-refractivity contribution in [2.45, 2.75) is 20.0 Å². The molecule has 0 amide bonds. The van der Waals surface area contributed by atoms with E-state index in [9.17, 15) is 0 Å². The van der Waals surface area contributed by atoms with Gasteiger partial charge in [-0.25, -0.2) is 0 Å². The number of terminal acetylenes is 1. The van der Waals surface area contributed by atoms with E-state index in [0.29, 0.717) is 12.5 Å². The maximum Gasteiger partial charge on any atom is 0.0717 e. The first-order chi connectivity index (χ1) is 6.83. The number of rotatable bonds is 5. The Morgan fingerprint density at radius 1 is 1.36 bits per heavy atom. The predicted molar refractivity (Wildman–Crippen MR) is 58.7 cm³/mol. The monoisotopic (exact) mass is 188 g/mol. The van der Waals surface area contributed by atoms with Crippen LogP contribution in [0, 0.1) is 18.3 Å². The van der Waals surface area contributed by atoms with E-state index in [1.165, 1.54) is 5.56 Å². The molecule has 0 aliphatic rings. The van der Waals surface area contributed by atoms with Crippen LogP contribution in [-0.4, -0.2) is 6.61 Å². The first-order valence-electron chi connectivity index (χ1n) is 4.88. The lowest BCUT2D eigenvalue weighted by Gasteiger charge is -2.08. The Morgan fingerprint density at radius 2 is 2.07 bits per heavy atom. The van der Waals surface area contributed by atoms with Crippen molar-refractivity contribution in [2.75, 3.05) is 6.61 Å². The molecule has 0 aromatic heterocycles. The van der Waals surface area contributed by atoms with E-state index in [-0.39, 0.29) is 0 Å². The van der Waals surface area contributed by atoms with Crippen LogP contribution in [0.2, 0.25) is 0 Å². The quantitative estimate of drug-likeness (QED) is 0.646. The van der Waals surface area contributed by atoms with E-state index in [1.807, 2.05) is 18.2 Å². The second-order valence-electron chi connectivity index (χ2n) is 3.51. The molecule has 0 N–H and O–H groups in total. The van der Waals surface area contributed by atoms with E-state index in [1.54, 1.807) is 0 Å². The maximum atomic E-state index is 5.54. The highest BCUT2D eigenvalue weighted by Crippen LogP contribution is 2.05. The minimum absolute atomic E-state index is 0.448. The fraction of sp³-hybridized carbons (Fsp3) is 0.385. The van der Waals surface area contributed by atoms with Gasteiger partial charge in [0.15, 0.2) is 0 Å². The number of hydrogen-bond donors (Lipinski definition) is 0. The molecule has 0 unspecified atom stereocenters. The first-order valence-corrected chi connectivity index (χ1v) is 4.88. The molecule has 0 radical (unpaired) electrons. The normalized spacial score (nSPS) is 12.0. The minimum Gasteiger partial charge on any atom is -0.376 e. The number of hydrogen-bond acceptors (Lipinski definition) is 1. The summed E-state index contributed by atoms with van der Waals surface area (Å²) in [5.74, 6) is 3.08. The van der Waals surface area contributed by atoms with E-state index < -0.39 is 0 Å². The molecule has 0 spiro atoms. The highest BCUT2D eigenvalue weighted by molar-refractivity contribution is 5.13. The summed E-state index contributed by atoms with van der Waals surface area (Å²) in [6, 6.07) is 10.2. The summed E-state index contributed by atoms with van der Waals surface area (Å²) in [7, 11) is 0. The van der Waals surface area contributed by atoms with Crippen molar-refractivity contribution < 1.29 is 4.74 Å². The molecule has 0 fully saturated rings. The van der Waals surface area contributed by atoms with Gasteiger partial charge in [0.1, 0.15) is 0 Å². The summed E-state index contributed by atoms with van der Waals surface area (Å²) < 4.78 is 5.54. The van der Waals surface area contributed by atoms with Crippen LogP contribution in [0.25, 0.3) is 0 Å². The molecule has 1 atom stereocenters. The maximum absolute atomic E-state index is 5.54. The van der Waals surface area contributed by atoms with Gasteiger partial charge in [0, 0.05) is 6.42 Å². The van der Waals surface area contributed by atoms with Gasteiger partial charge in [-0.05, 0) is 11.5 Å². The highest BCUT2D eigenvalue weighted by atomic mass is 16.5. The van der Waals surface area contributed by atoms with Crippen molar-refractivity contribution in [3.8, 4) is 12.3 Å². The largest absolute Gasteiger partial charge is 0.376 e. The summed E-state index contributed by atoms with van der Waals surface area (Å²) in [5, 5.41) is 0. The van der Waals surface area contributed by atoms with Crippen LogP contribution in [0.3, 0.4) is 0 Å². The summed E-state index contributed by atoms with van der Waals surface area (Å²) >= 11 is 0. The van der Waals surface area contributed by atoms with Crippen molar-refractivity contribution in [2.24, 2.45) is 5.92 Å². The summed E-state index contributed by atoms with van der Waals surface area (Å²) in [6.45, 7) is 3.51. The van der Waals surface area contributed by atoms with Crippen LogP contribution in [0.5, 0.6) is 0 Å². The molecule has 0 saturated carbocycles. The van der Waals surface area contributed by atoms with E-state index in [0.717, 1.165) is 13.0 Å². The van der Waals surface area contributed by atoms with Crippen molar-refractivity contribution in [1.29, 1.82) is 0 Å². The van der Waals surface area contributed by atoms with Crippen LogP contribution >= 0.6 is 0 Å². The molecule has 1 aromatic rings. The third kappa shape index (κ3) is 4.11. The molecular weight excluding hydrogens is 172 g/mol. The molecule has 0 bridgehead atoms. The van der Waals surface area contributed by atoms with E-state index in [2.05, 4.69) is 25.0 Å². The lowest BCUT2D eigenvalue weighted by Crippen LogP contribution is -2.04. The molecule has 74 valence electrons. The summed E-state index contributed by atoms with van der Waals surface area (Å²) in [4.78, 5) is 0. The molecule has 0 aliphatic carbocycles. The van der Waals surface area contributed by atoms with E-state index >= 15 is 0 Å². The molecule has 0 saturated heterocycles. The Morgan fingerprint density at radius 3 is 2.71 bits per heavy atom. The van der Waals surface area contributed by atoms with Gasteiger partial charge in [0.05, 0.1) is 13.2 Å². The number of benzene rings is 1. The van der Waals surface area contributed by atoms with Crippen molar-refractivity contribution >= 4 is 0 Å². The van der Waals surface area contributed by atoms with Crippen LogP contribution < -0.4 is 0 Å². The minimum atomic E-state index is 0.448. The second-order valence-corrected chi connectivity index (χ2v) is 3.51. The van der Waals surface area contributed by atoms with Crippen molar-refractivity contribution in [3.63, 3.8) is 0 Å². The van der Waals surface area contributed by atoms with Crippen molar-refractivity contribution in [1.82, 2.24) is 0 Å². The third-order valence-corrected chi connectivity index (χ3v) is 1.98. The van der Waals surface area contributed by atoms with Crippen LogP contribution in [-0.2, 0) is 11.3 Å². The van der Waals surface area contributed by atoms with Gasteiger partial charge in [-0.1, -0.05) is 37.3 Å². The second kappa shape index (κ2) is 6.23. The van der Waals surface area contributed by atoms with Gasteiger partial charge in [0.25, 0.3) is 0 Å². The summed E-state index contributed by atoms with van der Waals surface area (Å²) in [6.07, 6.45) is 5.99. The highest BCUT2D eigenvalue weighted by Gasteiger charge is 1.99. The molecular formula is C13H16O. The standard InChI is InChI=1S/C13H16O/c1-3-7-12(2)10-14-11-13-8-5-4-6-9-13/h1,4-6,8-9,12H,7,10-11H2,2H3/t12-/m1/s1. The van der Waals surface area contributed by atoms with Crippen LogP contribution in [0.15, 0.2) is 30.3 Å². The lowest BCUT2D eigenvalue weighted by molar-refractivity contribution is 0.0935.